The zero-order chi connectivity index (χ0) is 22.0. The van der Waals surface area contributed by atoms with Gasteiger partial charge in [0.25, 0.3) is 5.91 Å². The first-order valence-corrected chi connectivity index (χ1v) is 11.7. The van der Waals surface area contributed by atoms with E-state index in [0.717, 1.165) is 5.56 Å². The molecule has 3 aromatic rings. The second kappa shape index (κ2) is 8.64. The van der Waals surface area contributed by atoms with E-state index >= 15 is 0 Å². The number of carbonyl (C=O) groups is 1. The van der Waals surface area contributed by atoms with Crippen LogP contribution in [0.1, 0.15) is 27.4 Å². The van der Waals surface area contributed by atoms with E-state index in [9.17, 15) is 13.2 Å². The molecule has 1 aliphatic heterocycles. The molecule has 1 aromatic heterocycles. The van der Waals surface area contributed by atoms with Crippen LogP contribution in [0.4, 0.5) is 0 Å². The second-order valence-corrected chi connectivity index (χ2v) is 9.57. The third-order valence-corrected chi connectivity index (χ3v) is 6.92. The molecule has 0 saturated carbocycles. The van der Waals surface area contributed by atoms with E-state index in [1.165, 1.54) is 0 Å². The summed E-state index contributed by atoms with van der Waals surface area (Å²) in [5.41, 5.74) is 2.63. The number of nitrogens with zero attached hydrogens (tertiary/aromatic N) is 2. The standard InChI is InChI=1S/C23H24N2O5S/c1-16-3-9-20(10-4-16)31(27,28)15-21-17(2)30-22(24-21)18-5-7-19(8-6-18)23(26)25-11-13-29-14-12-25/h3-10H,11-15H2,1-2H3. The molecule has 0 atom stereocenters. The lowest BCUT2D eigenvalue weighted by molar-refractivity contribution is 0.0303. The van der Waals surface area contributed by atoms with Crippen molar-refractivity contribution < 1.29 is 22.4 Å². The molecule has 31 heavy (non-hydrogen) atoms. The minimum absolute atomic E-state index is 0.0386. The summed E-state index contributed by atoms with van der Waals surface area (Å²) >= 11 is 0. The van der Waals surface area contributed by atoms with Crippen molar-refractivity contribution in [2.24, 2.45) is 0 Å². The van der Waals surface area contributed by atoms with Crippen LogP contribution >= 0.6 is 0 Å². The number of hydrogen-bond donors (Lipinski definition) is 0. The lowest BCUT2D eigenvalue weighted by Crippen LogP contribution is -2.40. The van der Waals surface area contributed by atoms with Crippen molar-refractivity contribution in [3.8, 4) is 11.5 Å². The van der Waals surface area contributed by atoms with Crippen molar-refractivity contribution in [1.82, 2.24) is 9.88 Å². The quantitative estimate of drug-likeness (QED) is 0.604. The Morgan fingerprint density at radius 1 is 1.00 bits per heavy atom. The number of amides is 1. The fourth-order valence-electron chi connectivity index (χ4n) is 3.40. The topological polar surface area (TPSA) is 89.7 Å². The van der Waals surface area contributed by atoms with Crippen LogP contribution < -0.4 is 0 Å². The van der Waals surface area contributed by atoms with Gasteiger partial charge in [0.2, 0.25) is 5.89 Å². The molecule has 7 nitrogen and oxygen atoms in total. The molecular formula is C23H24N2O5S. The van der Waals surface area contributed by atoms with Crippen molar-refractivity contribution in [1.29, 1.82) is 0 Å². The number of aromatic nitrogens is 1. The summed E-state index contributed by atoms with van der Waals surface area (Å²) in [6.45, 7) is 5.87. The van der Waals surface area contributed by atoms with E-state index < -0.39 is 9.84 Å². The van der Waals surface area contributed by atoms with E-state index in [1.54, 1.807) is 60.4 Å². The predicted molar refractivity (Wildman–Crippen MR) is 115 cm³/mol. The molecule has 2 aromatic carbocycles. The highest BCUT2D eigenvalue weighted by molar-refractivity contribution is 7.90. The number of morpholine rings is 1. The van der Waals surface area contributed by atoms with E-state index in [2.05, 4.69) is 4.98 Å². The molecule has 1 saturated heterocycles. The number of aryl methyl sites for hydroxylation is 2. The largest absolute Gasteiger partial charge is 0.441 e. The molecule has 1 fully saturated rings. The number of carbonyl (C=O) groups excluding carboxylic acids is 1. The van der Waals surface area contributed by atoms with Gasteiger partial charge in [0, 0.05) is 24.2 Å². The molecule has 1 amide bonds. The van der Waals surface area contributed by atoms with Crippen LogP contribution in [0.2, 0.25) is 0 Å². The maximum absolute atomic E-state index is 12.7. The fraction of sp³-hybridized carbons (Fsp3) is 0.304. The van der Waals surface area contributed by atoms with E-state index in [0.29, 0.717) is 54.8 Å². The monoisotopic (exact) mass is 440 g/mol. The van der Waals surface area contributed by atoms with Crippen molar-refractivity contribution in [3.05, 3.63) is 71.1 Å². The molecule has 8 heteroatoms. The van der Waals surface area contributed by atoms with Crippen LogP contribution in [-0.4, -0.2) is 50.5 Å². The molecule has 0 N–H and O–H groups in total. The number of benzene rings is 2. The zero-order valence-electron chi connectivity index (χ0n) is 17.5. The molecular weight excluding hydrogens is 416 g/mol. The highest BCUT2D eigenvalue weighted by Gasteiger charge is 2.22. The van der Waals surface area contributed by atoms with Gasteiger partial charge in [-0.3, -0.25) is 4.79 Å². The minimum atomic E-state index is -3.53. The first kappa shape index (κ1) is 21.3. The summed E-state index contributed by atoms with van der Waals surface area (Å²) in [5.74, 6) is 0.512. The normalized spacial score (nSPS) is 14.6. The zero-order valence-corrected chi connectivity index (χ0v) is 18.3. The Labute approximate surface area is 181 Å². The summed E-state index contributed by atoms with van der Waals surface area (Å²) in [6, 6.07) is 13.7. The smallest absolute Gasteiger partial charge is 0.254 e. The maximum atomic E-state index is 12.7. The van der Waals surface area contributed by atoms with Crippen molar-refractivity contribution in [2.45, 2.75) is 24.5 Å². The number of oxazole rings is 1. The number of hydrogen-bond acceptors (Lipinski definition) is 6. The van der Waals surface area contributed by atoms with Gasteiger partial charge in [-0.05, 0) is 50.2 Å². The Balaban J connectivity index is 1.52. The van der Waals surface area contributed by atoms with Crippen LogP contribution in [0.5, 0.6) is 0 Å². The van der Waals surface area contributed by atoms with Gasteiger partial charge in [-0.15, -0.1) is 0 Å². The Morgan fingerprint density at radius 3 is 2.29 bits per heavy atom. The van der Waals surface area contributed by atoms with E-state index in [-0.39, 0.29) is 16.6 Å². The number of ether oxygens (including phenoxy) is 1. The minimum Gasteiger partial charge on any atom is -0.441 e. The molecule has 0 radical (unpaired) electrons. The fourth-order valence-corrected chi connectivity index (χ4v) is 4.74. The first-order chi connectivity index (χ1) is 14.8. The van der Waals surface area contributed by atoms with Gasteiger partial charge in [-0.2, -0.15) is 0 Å². The lowest BCUT2D eigenvalue weighted by Gasteiger charge is -2.26. The molecule has 4 rings (SSSR count). The van der Waals surface area contributed by atoms with Crippen LogP contribution in [0.3, 0.4) is 0 Å². The van der Waals surface area contributed by atoms with Gasteiger partial charge in [0.15, 0.2) is 9.84 Å². The van der Waals surface area contributed by atoms with E-state index in [1.807, 2.05) is 6.92 Å². The van der Waals surface area contributed by atoms with Crippen LogP contribution in [0.15, 0.2) is 57.8 Å². The number of rotatable bonds is 5. The summed E-state index contributed by atoms with van der Waals surface area (Å²) in [4.78, 5) is 19.0. The van der Waals surface area contributed by atoms with Gasteiger partial charge in [-0.1, -0.05) is 17.7 Å². The molecule has 162 valence electrons. The summed E-state index contributed by atoms with van der Waals surface area (Å²) in [5, 5.41) is 0. The molecule has 0 spiro atoms. The molecule has 0 aliphatic carbocycles. The van der Waals surface area contributed by atoms with Gasteiger partial charge in [0.05, 0.1) is 23.8 Å². The molecule has 0 unspecified atom stereocenters. The Morgan fingerprint density at radius 2 is 1.65 bits per heavy atom. The van der Waals surface area contributed by atoms with Gasteiger partial charge in [0.1, 0.15) is 11.5 Å². The van der Waals surface area contributed by atoms with Crippen molar-refractivity contribution >= 4 is 15.7 Å². The van der Waals surface area contributed by atoms with Crippen molar-refractivity contribution in [3.63, 3.8) is 0 Å². The Hall–Kier alpha value is -2.97. The van der Waals surface area contributed by atoms with Crippen LogP contribution in [0, 0.1) is 13.8 Å². The molecule has 2 heterocycles. The van der Waals surface area contributed by atoms with Crippen LogP contribution in [-0.2, 0) is 20.3 Å². The summed E-state index contributed by atoms with van der Waals surface area (Å²) in [6.07, 6.45) is 0. The average Bonchev–Trinajstić information content (AvgIpc) is 3.14. The average molecular weight is 441 g/mol. The van der Waals surface area contributed by atoms with Gasteiger partial charge >= 0.3 is 0 Å². The van der Waals surface area contributed by atoms with Gasteiger partial charge < -0.3 is 14.1 Å². The van der Waals surface area contributed by atoms with Crippen LogP contribution in [0.25, 0.3) is 11.5 Å². The Kier molecular flexibility index (Phi) is 5.93. The first-order valence-electron chi connectivity index (χ1n) is 10.1. The highest BCUT2D eigenvalue weighted by atomic mass is 32.2. The number of sulfone groups is 1. The third kappa shape index (κ3) is 4.70. The second-order valence-electron chi connectivity index (χ2n) is 7.58. The summed E-state index contributed by atoms with van der Waals surface area (Å²) in [7, 11) is -3.53. The SMILES string of the molecule is Cc1ccc(S(=O)(=O)Cc2nc(-c3ccc(C(=O)N4CCOCC4)cc3)oc2C)cc1. The Bertz CT molecular complexity index is 1180. The maximum Gasteiger partial charge on any atom is 0.254 e. The highest BCUT2D eigenvalue weighted by Crippen LogP contribution is 2.25. The van der Waals surface area contributed by atoms with Crippen molar-refractivity contribution in [2.75, 3.05) is 26.3 Å². The lowest BCUT2D eigenvalue weighted by atomic mass is 10.1. The van der Waals surface area contributed by atoms with Gasteiger partial charge in [-0.25, -0.2) is 13.4 Å². The van der Waals surface area contributed by atoms with E-state index in [4.69, 9.17) is 9.15 Å². The molecule has 0 bridgehead atoms. The summed E-state index contributed by atoms with van der Waals surface area (Å²) < 4.78 is 36.5. The predicted octanol–water partition coefficient (Wildman–Crippen LogP) is 3.40. The molecule has 1 aliphatic rings. The third-order valence-electron chi connectivity index (χ3n) is 5.28.